The van der Waals surface area contributed by atoms with E-state index in [0.717, 1.165) is 16.1 Å². The molecule has 2 aromatic carbocycles. The molecule has 3 aromatic rings. The number of sulfone groups is 1. The molecule has 0 saturated carbocycles. The molecule has 1 aromatic heterocycles. The number of carbonyl (C=O) groups excluding carboxylic acids is 1. The Bertz CT molecular complexity index is 1090. The van der Waals surface area contributed by atoms with Gasteiger partial charge < -0.3 is 10.1 Å². The number of benzene rings is 2. The van der Waals surface area contributed by atoms with Crippen LogP contribution in [0.4, 0.5) is 5.69 Å². The van der Waals surface area contributed by atoms with Crippen molar-refractivity contribution in [3.63, 3.8) is 0 Å². The molecule has 6 nitrogen and oxygen atoms in total. The Morgan fingerprint density at radius 2 is 1.79 bits per heavy atom. The van der Waals surface area contributed by atoms with Gasteiger partial charge in [0.05, 0.1) is 18.6 Å². The first-order valence-electron chi connectivity index (χ1n) is 8.96. The summed E-state index contributed by atoms with van der Waals surface area (Å²) in [6.07, 6.45) is 0. The van der Waals surface area contributed by atoms with Gasteiger partial charge in [-0.2, -0.15) is 0 Å². The SMILES string of the molecule is COc1ccc(NC(=O)C(C)S(=O)(=O)Cc2csc(-c3ccc(C)cc3)n2)cc1. The van der Waals surface area contributed by atoms with Crippen LogP contribution in [0.1, 0.15) is 18.2 Å². The second-order valence-corrected chi connectivity index (χ2v) is 9.86. The first kappa shape index (κ1) is 21.0. The highest BCUT2D eigenvalue weighted by Crippen LogP contribution is 2.25. The quantitative estimate of drug-likeness (QED) is 0.611. The van der Waals surface area contributed by atoms with E-state index in [-0.39, 0.29) is 5.75 Å². The second kappa shape index (κ2) is 8.75. The lowest BCUT2D eigenvalue weighted by Crippen LogP contribution is -2.33. The number of rotatable bonds is 7. The summed E-state index contributed by atoms with van der Waals surface area (Å²) >= 11 is 1.39. The molecule has 0 aliphatic heterocycles. The van der Waals surface area contributed by atoms with Gasteiger partial charge in [-0.15, -0.1) is 11.3 Å². The van der Waals surface area contributed by atoms with Gasteiger partial charge in [0.25, 0.3) is 0 Å². The predicted molar refractivity (Wildman–Crippen MR) is 116 cm³/mol. The van der Waals surface area contributed by atoms with Crippen LogP contribution >= 0.6 is 11.3 Å². The van der Waals surface area contributed by atoms with E-state index in [1.165, 1.54) is 18.3 Å². The molecule has 29 heavy (non-hydrogen) atoms. The molecular weight excluding hydrogens is 408 g/mol. The summed E-state index contributed by atoms with van der Waals surface area (Å²) in [6, 6.07) is 14.6. The fraction of sp³-hybridized carbons (Fsp3) is 0.238. The number of carbonyl (C=O) groups is 1. The van der Waals surface area contributed by atoms with Gasteiger partial charge in [0.15, 0.2) is 9.84 Å². The Balaban J connectivity index is 1.68. The topological polar surface area (TPSA) is 85.4 Å². The summed E-state index contributed by atoms with van der Waals surface area (Å²) in [7, 11) is -2.17. The van der Waals surface area contributed by atoms with E-state index in [2.05, 4.69) is 10.3 Å². The maximum absolute atomic E-state index is 12.7. The van der Waals surface area contributed by atoms with E-state index in [1.807, 2.05) is 31.2 Å². The Morgan fingerprint density at radius 1 is 1.14 bits per heavy atom. The maximum Gasteiger partial charge on any atom is 0.242 e. The molecule has 0 saturated heterocycles. The Morgan fingerprint density at radius 3 is 2.41 bits per heavy atom. The van der Waals surface area contributed by atoms with Crippen molar-refractivity contribution in [2.24, 2.45) is 0 Å². The van der Waals surface area contributed by atoms with Crippen LogP contribution in [-0.4, -0.2) is 31.7 Å². The monoisotopic (exact) mass is 430 g/mol. The van der Waals surface area contributed by atoms with Gasteiger partial charge in [0.2, 0.25) is 5.91 Å². The summed E-state index contributed by atoms with van der Waals surface area (Å²) in [6.45, 7) is 3.39. The van der Waals surface area contributed by atoms with Gasteiger partial charge in [-0.25, -0.2) is 13.4 Å². The van der Waals surface area contributed by atoms with Crippen LogP contribution in [0.2, 0.25) is 0 Å². The first-order valence-corrected chi connectivity index (χ1v) is 11.6. The standard InChI is InChI=1S/C21H22N2O4S2/c1-14-4-6-16(7-5-14)21-23-18(12-28-21)13-29(25,26)15(2)20(24)22-17-8-10-19(27-3)11-9-17/h4-12,15H,13H2,1-3H3,(H,22,24). The van der Waals surface area contributed by atoms with Crippen LogP contribution in [-0.2, 0) is 20.4 Å². The first-order chi connectivity index (χ1) is 13.8. The van der Waals surface area contributed by atoms with Crippen LogP contribution in [0.15, 0.2) is 53.9 Å². The third-order valence-corrected chi connectivity index (χ3v) is 7.39. The number of aryl methyl sites for hydroxylation is 1. The minimum absolute atomic E-state index is 0.285. The van der Waals surface area contributed by atoms with Crippen LogP contribution in [0.25, 0.3) is 10.6 Å². The molecule has 0 spiro atoms. The Hall–Kier alpha value is -2.71. The molecule has 152 valence electrons. The molecule has 0 radical (unpaired) electrons. The van der Waals surface area contributed by atoms with Crippen molar-refractivity contribution in [3.8, 4) is 16.3 Å². The number of nitrogens with zero attached hydrogens (tertiary/aromatic N) is 1. The van der Waals surface area contributed by atoms with Gasteiger partial charge in [0.1, 0.15) is 16.0 Å². The number of aromatic nitrogens is 1. The average Bonchev–Trinajstić information content (AvgIpc) is 3.16. The van der Waals surface area contributed by atoms with Crippen molar-refractivity contribution in [1.29, 1.82) is 0 Å². The average molecular weight is 431 g/mol. The minimum atomic E-state index is -3.71. The Kier molecular flexibility index (Phi) is 6.34. The molecule has 8 heteroatoms. The van der Waals surface area contributed by atoms with Gasteiger partial charge in [-0.05, 0) is 38.1 Å². The lowest BCUT2D eigenvalue weighted by molar-refractivity contribution is -0.115. The summed E-state index contributed by atoms with van der Waals surface area (Å²) in [5.74, 6) is -0.215. The lowest BCUT2D eigenvalue weighted by atomic mass is 10.2. The number of ether oxygens (including phenoxy) is 1. The zero-order chi connectivity index (χ0) is 21.0. The number of nitrogens with one attached hydrogen (secondary N) is 1. The van der Waals surface area contributed by atoms with Crippen LogP contribution < -0.4 is 10.1 Å². The van der Waals surface area contributed by atoms with Gasteiger partial charge in [0, 0.05) is 16.6 Å². The molecule has 0 bridgehead atoms. The highest BCUT2D eigenvalue weighted by molar-refractivity contribution is 7.92. The Labute approximate surface area is 174 Å². The van der Waals surface area contributed by atoms with Crippen LogP contribution in [0.3, 0.4) is 0 Å². The predicted octanol–water partition coefficient (Wildman–Crippen LogP) is 4.07. The molecule has 0 aliphatic rings. The van der Waals surface area contributed by atoms with E-state index in [1.54, 1.807) is 36.8 Å². The van der Waals surface area contributed by atoms with Crippen molar-refractivity contribution >= 4 is 32.8 Å². The molecule has 0 fully saturated rings. The van der Waals surface area contributed by atoms with Crippen molar-refractivity contribution in [3.05, 3.63) is 65.2 Å². The lowest BCUT2D eigenvalue weighted by Gasteiger charge is -2.13. The minimum Gasteiger partial charge on any atom is -0.497 e. The summed E-state index contributed by atoms with van der Waals surface area (Å²) < 4.78 is 30.5. The molecule has 1 unspecified atom stereocenters. The smallest absolute Gasteiger partial charge is 0.242 e. The molecule has 1 atom stereocenters. The number of anilines is 1. The summed E-state index contributed by atoms with van der Waals surface area (Å²) in [5.41, 5.74) is 3.03. The van der Waals surface area contributed by atoms with Crippen molar-refractivity contribution in [2.45, 2.75) is 24.9 Å². The van der Waals surface area contributed by atoms with Gasteiger partial charge in [-0.3, -0.25) is 4.79 Å². The van der Waals surface area contributed by atoms with Crippen LogP contribution in [0.5, 0.6) is 5.75 Å². The molecule has 1 heterocycles. The number of hydrogen-bond donors (Lipinski definition) is 1. The fourth-order valence-corrected chi connectivity index (χ4v) is 4.74. The molecule has 3 rings (SSSR count). The normalized spacial score (nSPS) is 12.4. The number of amides is 1. The maximum atomic E-state index is 12.7. The van der Waals surface area contributed by atoms with Gasteiger partial charge in [-0.1, -0.05) is 29.8 Å². The van der Waals surface area contributed by atoms with Gasteiger partial charge >= 0.3 is 0 Å². The van der Waals surface area contributed by atoms with Crippen molar-refractivity contribution in [2.75, 3.05) is 12.4 Å². The molecule has 1 amide bonds. The zero-order valence-corrected chi connectivity index (χ0v) is 18.0. The van der Waals surface area contributed by atoms with E-state index < -0.39 is 21.0 Å². The highest BCUT2D eigenvalue weighted by Gasteiger charge is 2.29. The summed E-state index contributed by atoms with van der Waals surface area (Å²) in [4.78, 5) is 16.9. The molecular formula is C21H22N2O4S2. The molecule has 1 N–H and O–H groups in total. The highest BCUT2D eigenvalue weighted by atomic mass is 32.2. The number of thiazole rings is 1. The number of hydrogen-bond acceptors (Lipinski definition) is 6. The second-order valence-electron chi connectivity index (χ2n) is 6.68. The fourth-order valence-electron chi connectivity index (χ4n) is 2.61. The van der Waals surface area contributed by atoms with Crippen molar-refractivity contribution in [1.82, 2.24) is 4.98 Å². The third-order valence-electron chi connectivity index (χ3n) is 4.46. The summed E-state index contributed by atoms with van der Waals surface area (Å²) in [5, 5.41) is 3.91. The van der Waals surface area contributed by atoms with Crippen molar-refractivity contribution < 1.29 is 17.9 Å². The molecule has 0 aliphatic carbocycles. The third kappa shape index (κ3) is 5.21. The van der Waals surface area contributed by atoms with Crippen LogP contribution in [0, 0.1) is 6.92 Å². The van der Waals surface area contributed by atoms with E-state index in [4.69, 9.17) is 4.74 Å². The zero-order valence-electron chi connectivity index (χ0n) is 16.4. The van der Waals surface area contributed by atoms with E-state index >= 15 is 0 Å². The largest absolute Gasteiger partial charge is 0.497 e. The number of methoxy groups -OCH3 is 1. The van der Waals surface area contributed by atoms with E-state index in [0.29, 0.717) is 17.1 Å². The van der Waals surface area contributed by atoms with E-state index in [9.17, 15) is 13.2 Å².